The van der Waals surface area contributed by atoms with Crippen molar-refractivity contribution in [1.82, 2.24) is 5.32 Å². The molecule has 0 saturated heterocycles. The van der Waals surface area contributed by atoms with E-state index in [9.17, 15) is 9.59 Å². The van der Waals surface area contributed by atoms with Crippen LogP contribution < -0.4 is 5.32 Å². The third-order valence-electron chi connectivity index (χ3n) is 4.95. The number of ether oxygens (including phenoxy) is 2. The van der Waals surface area contributed by atoms with Crippen molar-refractivity contribution in [2.75, 3.05) is 13.2 Å². The van der Waals surface area contributed by atoms with E-state index in [0.717, 1.165) is 25.7 Å². The summed E-state index contributed by atoms with van der Waals surface area (Å²) in [5.74, 6) is -0.413. The van der Waals surface area contributed by atoms with Gasteiger partial charge in [0.15, 0.2) is 0 Å². The van der Waals surface area contributed by atoms with Gasteiger partial charge in [-0.05, 0) is 19.3 Å². The van der Waals surface area contributed by atoms with Gasteiger partial charge in [-0.15, -0.1) is 6.58 Å². The molecule has 0 aliphatic carbocycles. The Morgan fingerprint density at radius 3 is 1.69 bits per heavy atom. The van der Waals surface area contributed by atoms with Gasteiger partial charge in [0.25, 0.3) is 0 Å². The lowest BCUT2D eigenvalue weighted by Gasteiger charge is -2.16. The van der Waals surface area contributed by atoms with Crippen LogP contribution in [0.25, 0.3) is 0 Å². The van der Waals surface area contributed by atoms with Crippen molar-refractivity contribution in [3.8, 4) is 0 Å². The summed E-state index contributed by atoms with van der Waals surface area (Å²) >= 11 is 0. The third-order valence-corrected chi connectivity index (χ3v) is 4.95. The standard InChI is InChI=1S/C24H45NO4/c1-4-7-9-11-13-14-16-17-20-28-23(26)22(19-6-3)25-24(27)29-21-18-15-12-10-8-5-2/h6,22H,3-5,7-21H2,1-2H3,(H,25,27). The van der Waals surface area contributed by atoms with E-state index in [0.29, 0.717) is 19.6 Å². The molecule has 1 amide bonds. The molecule has 0 spiro atoms. The number of carbonyl (C=O) groups excluding carboxylic acids is 2. The highest BCUT2D eigenvalue weighted by Gasteiger charge is 2.21. The lowest BCUT2D eigenvalue weighted by molar-refractivity contribution is -0.146. The number of hydrogen-bond acceptors (Lipinski definition) is 4. The predicted octanol–water partition coefficient (Wildman–Crippen LogP) is 6.70. The Balaban J connectivity index is 3.84. The van der Waals surface area contributed by atoms with Crippen molar-refractivity contribution in [1.29, 1.82) is 0 Å². The molecule has 29 heavy (non-hydrogen) atoms. The molecule has 0 aliphatic heterocycles. The fourth-order valence-electron chi connectivity index (χ4n) is 3.12. The van der Waals surface area contributed by atoms with Gasteiger partial charge in [0.2, 0.25) is 0 Å². The highest BCUT2D eigenvalue weighted by Crippen LogP contribution is 2.09. The van der Waals surface area contributed by atoms with E-state index in [1.165, 1.54) is 64.2 Å². The topological polar surface area (TPSA) is 64.6 Å². The molecule has 0 aliphatic rings. The van der Waals surface area contributed by atoms with Gasteiger partial charge in [0.1, 0.15) is 6.04 Å². The summed E-state index contributed by atoms with van der Waals surface area (Å²) in [7, 11) is 0. The summed E-state index contributed by atoms with van der Waals surface area (Å²) < 4.78 is 10.5. The van der Waals surface area contributed by atoms with Gasteiger partial charge in [-0.1, -0.05) is 97.0 Å². The molecule has 0 aromatic rings. The van der Waals surface area contributed by atoms with Gasteiger partial charge in [0.05, 0.1) is 13.2 Å². The van der Waals surface area contributed by atoms with Crippen LogP contribution in [0.3, 0.4) is 0 Å². The van der Waals surface area contributed by atoms with Crippen LogP contribution >= 0.6 is 0 Å². The van der Waals surface area contributed by atoms with Gasteiger partial charge < -0.3 is 14.8 Å². The van der Waals surface area contributed by atoms with Crippen LogP contribution in [0.15, 0.2) is 12.7 Å². The summed E-state index contributed by atoms with van der Waals surface area (Å²) in [6, 6.07) is -0.724. The second-order valence-electron chi connectivity index (χ2n) is 7.77. The molecule has 5 heteroatoms. The number of esters is 1. The largest absolute Gasteiger partial charge is 0.464 e. The van der Waals surface area contributed by atoms with E-state index < -0.39 is 18.1 Å². The Hall–Kier alpha value is -1.52. The fraction of sp³-hybridized carbons (Fsp3) is 0.833. The molecule has 5 nitrogen and oxygen atoms in total. The van der Waals surface area contributed by atoms with Gasteiger partial charge in [-0.3, -0.25) is 0 Å². The quantitative estimate of drug-likeness (QED) is 0.137. The maximum Gasteiger partial charge on any atom is 0.407 e. The number of amides is 1. The average Bonchev–Trinajstić information content (AvgIpc) is 2.71. The van der Waals surface area contributed by atoms with E-state index in [4.69, 9.17) is 9.47 Å². The smallest absolute Gasteiger partial charge is 0.407 e. The summed E-state index contributed by atoms with van der Waals surface area (Å²) in [6.07, 6.45) is 17.7. The van der Waals surface area contributed by atoms with Crippen LogP contribution in [0.2, 0.25) is 0 Å². The lowest BCUT2D eigenvalue weighted by Crippen LogP contribution is -2.42. The molecule has 0 heterocycles. The molecule has 0 aromatic heterocycles. The van der Waals surface area contributed by atoms with Crippen LogP contribution in [-0.4, -0.2) is 31.3 Å². The highest BCUT2D eigenvalue weighted by atomic mass is 16.6. The predicted molar refractivity (Wildman–Crippen MR) is 120 cm³/mol. The fourth-order valence-corrected chi connectivity index (χ4v) is 3.12. The van der Waals surface area contributed by atoms with Gasteiger partial charge >= 0.3 is 12.1 Å². The first kappa shape index (κ1) is 27.5. The van der Waals surface area contributed by atoms with E-state index in [1.807, 2.05) is 0 Å². The number of rotatable bonds is 20. The first-order valence-corrected chi connectivity index (χ1v) is 11.9. The SMILES string of the molecule is C=CCC(NC(=O)OCCCCCCCC)C(=O)OCCCCCCCCCC. The maximum atomic E-state index is 12.2. The zero-order valence-corrected chi connectivity index (χ0v) is 19.0. The summed E-state index contributed by atoms with van der Waals surface area (Å²) in [6.45, 7) is 8.84. The third kappa shape index (κ3) is 18.3. The normalized spacial score (nSPS) is 11.7. The van der Waals surface area contributed by atoms with E-state index in [2.05, 4.69) is 25.7 Å². The Morgan fingerprint density at radius 2 is 1.21 bits per heavy atom. The molecule has 0 fully saturated rings. The number of alkyl carbamates (subject to hydrolysis) is 1. The summed E-state index contributed by atoms with van der Waals surface area (Å²) in [4.78, 5) is 24.1. The highest BCUT2D eigenvalue weighted by molar-refractivity contribution is 5.81. The van der Waals surface area contributed by atoms with Crippen molar-refractivity contribution in [3.05, 3.63) is 12.7 Å². The minimum atomic E-state index is -0.724. The molecular weight excluding hydrogens is 366 g/mol. The Bertz CT molecular complexity index is 412. The Labute approximate surface area is 179 Å². The van der Waals surface area contributed by atoms with Crippen LogP contribution in [0.5, 0.6) is 0 Å². The molecular formula is C24H45NO4. The van der Waals surface area contributed by atoms with Gasteiger partial charge in [-0.25, -0.2) is 9.59 Å². The number of nitrogens with one attached hydrogen (secondary N) is 1. The van der Waals surface area contributed by atoms with Crippen molar-refractivity contribution in [3.63, 3.8) is 0 Å². The Kier molecular flexibility index (Phi) is 20.1. The maximum absolute atomic E-state index is 12.2. The second kappa shape index (κ2) is 21.2. The molecule has 0 radical (unpaired) electrons. The molecule has 0 aromatic carbocycles. The molecule has 1 unspecified atom stereocenters. The lowest BCUT2D eigenvalue weighted by atomic mass is 10.1. The van der Waals surface area contributed by atoms with Crippen molar-refractivity contribution < 1.29 is 19.1 Å². The molecule has 0 bridgehead atoms. The Morgan fingerprint density at radius 1 is 0.759 bits per heavy atom. The zero-order valence-electron chi connectivity index (χ0n) is 19.0. The minimum Gasteiger partial charge on any atom is -0.464 e. The van der Waals surface area contributed by atoms with Crippen LogP contribution in [0.1, 0.15) is 110 Å². The molecule has 170 valence electrons. The zero-order chi connectivity index (χ0) is 21.6. The first-order chi connectivity index (χ1) is 14.2. The van der Waals surface area contributed by atoms with E-state index in [-0.39, 0.29) is 0 Å². The van der Waals surface area contributed by atoms with Gasteiger partial charge in [0, 0.05) is 0 Å². The number of unbranched alkanes of at least 4 members (excludes halogenated alkanes) is 12. The second-order valence-corrected chi connectivity index (χ2v) is 7.77. The van der Waals surface area contributed by atoms with Crippen LogP contribution in [-0.2, 0) is 14.3 Å². The molecule has 1 atom stereocenters. The number of hydrogen-bond donors (Lipinski definition) is 1. The monoisotopic (exact) mass is 411 g/mol. The average molecular weight is 412 g/mol. The van der Waals surface area contributed by atoms with Crippen LogP contribution in [0, 0.1) is 0 Å². The van der Waals surface area contributed by atoms with Crippen molar-refractivity contribution in [2.45, 2.75) is 116 Å². The summed E-state index contributed by atoms with van der Waals surface area (Å²) in [5, 5.41) is 2.60. The van der Waals surface area contributed by atoms with Crippen molar-refractivity contribution >= 4 is 12.1 Å². The van der Waals surface area contributed by atoms with Crippen molar-refractivity contribution in [2.24, 2.45) is 0 Å². The van der Waals surface area contributed by atoms with Crippen LogP contribution in [0.4, 0.5) is 4.79 Å². The van der Waals surface area contributed by atoms with Gasteiger partial charge in [-0.2, -0.15) is 0 Å². The molecule has 0 saturated carbocycles. The van der Waals surface area contributed by atoms with E-state index in [1.54, 1.807) is 6.08 Å². The first-order valence-electron chi connectivity index (χ1n) is 11.9. The molecule has 1 N–H and O–H groups in total. The summed E-state index contributed by atoms with van der Waals surface area (Å²) in [5.41, 5.74) is 0. The molecule has 0 rings (SSSR count). The minimum absolute atomic E-state index is 0.336. The number of carbonyl (C=O) groups is 2. The van der Waals surface area contributed by atoms with E-state index >= 15 is 0 Å².